The van der Waals surface area contributed by atoms with Gasteiger partial charge in [-0.3, -0.25) is 4.79 Å². The lowest BCUT2D eigenvalue weighted by Crippen LogP contribution is -2.13. The van der Waals surface area contributed by atoms with Crippen LogP contribution in [0, 0.1) is 13.8 Å². The quantitative estimate of drug-likeness (QED) is 0.722. The van der Waals surface area contributed by atoms with Gasteiger partial charge in [0.2, 0.25) is 11.8 Å². The van der Waals surface area contributed by atoms with Crippen molar-refractivity contribution >= 4 is 22.9 Å². The fraction of sp³-hybridized carbons (Fsp3) is 0.200. The van der Waals surface area contributed by atoms with Gasteiger partial charge in [-0.2, -0.15) is 0 Å². The number of carbonyl (C=O) groups is 1. The Hall–Kier alpha value is -2.66. The number of hydrogen-bond acceptors (Lipinski definition) is 4. The largest absolute Gasteiger partial charge is 0.492 e. The van der Waals surface area contributed by atoms with E-state index in [4.69, 9.17) is 0 Å². The molecule has 0 saturated carbocycles. The molecule has 3 aromatic rings. The molecule has 2 N–H and O–H groups in total. The summed E-state index contributed by atoms with van der Waals surface area (Å²) in [6, 6.07) is 15.8. The van der Waals surface area contributed by atoms with Gasteiger partial charge in [-0.1, -0.05) is 47.5 Å². The van der Waals surface area contributed by atoms with Crippen LogP contribution in [0.3, 0.4) is 0 Å². The van der Waals surface area contributed by atoms with Crippen LogP contribution in [0.25, 0.3) is 0 Å². The van der Waals surface area contributed by atoms with E-state index in [9.17, 15) is 9.90 Å². The highest BCUT2D eigenvalue weighted by Crippen LogP contribution is 2.27. The Balaban J connectivity index is 1.64. The van der Waals surface area contributed by atoms with Crippen LogP contribution in [0.2, 0.25) is 0 Å². The summed E-state index contributed by atoms with van der Waals surface area (Å²) in [6.45, 7) is 4.04. The number of aromatic hydroxyl groups is 1. The van der Waals surface area contributed by atoms with Crippen LogP contribution in [-0.2, 0) is 17.6 Å². The summed E-state index contributed by atoms with van der Waals surface area (Å²) < 4.78 is 0. The van der Waals surface area contributed by atoms with Gasteiger partial charge in [0, 0.05) is 12.1 Å². The second kappa shape index (κ2) is 7.49. The standard InChI is InChI=1S/C20H20N2O2S/c1-13-3-7-15(8-4-13)11-19-22-20(24)17(25-19)12-18(23)21-16-9-5-14(2)6-10-16/h3-10,24H,11-12H2,1-2H3,(H,21,23). The van der Waals surface area contributed by atoms with E-state index in [0.717, 1.165) is 21.8 Å². The molecule has 4 nitrogen and oxygen atoms in total. The number of rotatable bonds is 5. The van der Waals surface area contributed by atoms with E-state index in [0.29, 0.717) is 11.3 Å². The summed E-state index contributed by atoms with van der Waals surface area (Å²) in [7, 11) is 0. The monoisotopic (exact) mass is 352 g/mol. The van der Waals surface area contributed by atoms with Crippen LogP contribution >= 0.6 is 11.3 Å². The Morgan fingerprint density at radius 2 is 1.64 bits per heavy atom. The minimum absolute atomic E-state index is 0.0498. The number of carbonyl (C=O) groups excluding carboxylic acids is 1. The summed E-state index contributed by atoms with van der Waals surface area (Å²) in [5.74, 6) is -0.212. The normalized spacial score (nSPS) is 10.6. The number of benzene rings is 2. The Bertz CT molecular complexity index is 868. The number of anilines is 1. The van der Waals surface area contributed by atoms with Crippen molar-refractivity contribution in [3.05, 3.63) is 75.1 Å². The lowest BCUT2D eigenvalue weighted by atomic mass is 10.1. The lowest BCUT2D eigenvalue weighted by Gasteiger charge is -2.04. The van der Waals surface area contributed by atoms with Crippen molar-refractivity contribution in [2.45, 2.75) is 26.7 Å². The number of thiazole rings is 1. The zero-order valence-corrected chi connectivity index (χ0v) is 15.1. The van der Waals surface area contributed by atoms with Crippen molar-refractivity contribution in [1.82, 2.24) is 4.98 Å². The first-order chi connectivity index (χ1) is 12.0. The van der Waals surface area contributed by atoms with Crippen LogP contribution in [0.15, 0.2) is 48.5 Å². The van der Waals surface area contributed by atoms with Gasteiger partial charge >= 0.3 is 0 Å². The van der Waals surface area contributed by atoms with Crippen molar-refractivity contribution in [2.24, 2.45) is 0 Å². The van der Waals surface area contributed by atoms with Crippen molar-refractivity contribution in [3.8, 4) is 5.88 Å². The van der Waals surface area contributed by atoms with Crippen molar-refractivity contribution in [3.63, 3.8) is 0 Å². The minimum atomic E-state index is -0.162. The number of aromatic nitrogens is 1. The van der Waals surface area contributed by atoms with Gasteiger partial charge < -0.3 is 10.4 Å². The third-order valence-corrected chi connectivity index (χ3v) is 4.90. The highest BCUT2D eigenvalue weighted by Gasteiger charge is 2.14. The van der Waals surface area contributed by atoms with E-state index in [1.807, 2.05) is 38.1 Å². The molecular weight excluding hydrogens is 332 g/mol. The molecule has 0 radical (unpaired) electrons. The van der Waals surface area contributed by atoms with Crippen LogP contribution in [0.5, 0.6) is 5.88 Å². The maximum absolute atomic E-state index is 12.2. The second-order valence-electron chi connectivity index (χ2n) is 6.11. The number of nitrogens with one attached hydrogen (secondary N) is 1. The highest BCUT2D eigenvalue weighted by molar-refractivity contribution is 7.12. The van der Waals surface area contributed by atoms with E-state index in [2.05, 4.69) is 34.6 Å². The van der Waals surface area contributed by atoms with E-state index < -0.39 is 0 Å². The predicted octanol–water partition coefficient (Wildman–Crippen LogP) is 4.24. The molecule has 0 spiro atoms. The second-order valence-corrected chi connectivity index (χ2v) is 7.28. The molecular formula is C20H20N2O2S. The molecule has 0 saturated heterocycles. The predicted molar refractivity (Wildman–Crippen MR) is 101 cm³/mol. The van der Waals surface area contributed by atoms with Crippen LogP contribution in [0.4, 0.5) is 5.69 Å². The molecule has 0 aliphatic carbocycles. The van der Waals surface area contributed by atoms with Crippen LogP contribution < -0.4 is 5.32 Å². The molecule has 0 atom stereocenters. The topological polar surface area (TPSA) is 62.2 Å². The van der Waals surface area contributed by atoms with Crippen LogP contribution in [0.1, 0.15) is 26.6 Å². The molecule has 128 valence electrons. The zero-order chi connectivity index (χ0) is 17.8. The molecule has 0 aliphatic heterocycles. The third-order valence-electron chi connectivity index (χ3n) is 3.85. The van der Waals surface area contributed by atoms with Gasteiger partial charge in [0.1, 0.15) is 5.01 Å². The fourth-order valence-corrected chi connectivity index (χ4v) is 3.45. The molecule has 0 fully saturated rings. The van der Waals surface area contributed by atoms with E-state index in [1.165, 1.54) is 16.9 Å². The molecule has 0 unspecified atom stereocenters. The summed E-state index contributed by atoms with van der Waals surface area (Å²) in [6.07, 6.45) is 0.767. The van der Waals surface area contributed by atoms with Gasteiger partial charge in [0.25, 0.3) is 0 Å². The van der Waals surface area contributed by atoms with Crippen LogP contribution in [-0.4, -0.2) is 16.0 Å². The Kier molecular flexibility index (Phi) is 5.14. The first-order valence-electron chi connectivity index (χ1n) is 8.09. The summed E-state index contributed by atoms with van der Waals surface area (Å²) in [4.78, 5) is 17.0. The first-order valence-corrected chi connectivity index (χ1v) is 8.91. The fourth-order valence-electron chi connectivity index (χ4n) is 2.45. The van der Waals surface area contributed by atoms with Gasteiger partial charge in [0.05, 0.1) is 11.3 Å². The van der Waals surface area contributed by atoms with Crippen molar-refractivity contribution in [1.29, 1.82) is 0 Å². The first kappa shape index (κ1) is 17.2. The molecule has 25 heavy (non-hydrogen) atoms. The van der Waals surface area contributed by atoms with E-state index in [-0.39, 0.29) is 18.2 Å². The molecule has 0 aliphatic rings. The molecule has 5 heteroatoms. The van der Waals surface area contributed by atoms with Crippen molar-refractivity contribution in [2.75, 3.05) is 5.32 Å². The summed E-state index contributed by atoms with van der Waals surface area (Å²) in [5, 5.41) is 13.7. The molecule has 1 amide bonds. The molecule has 1 aromatic heterocycles. The zero-order valence-electron chi connectivity index (χ0n) is 14.2. The lowest BCUT2D eigenvalue weighted by molar-refractivity contribution is -0.115. The van der Waals surface area contributed by atoms with Gasteiger partial charge in [-0.25, -0.2) is 4.98 Å². The van der Waals surface area contributed by atoms with Gasteiger partial charge in [0.15, 0.2) is 0 Å². The molecule has 2 aromatic carbocycles. The number of aryl methyl sites for hydroxylation is 2. The van der Waals surface area contributed by atoms with Gasteiger partial charge in [-0.05, 0) is 31.5 Å². The Morgan fingerprint density at radius 1 is 1.04 bits per heavy atom. The number of nitrogens with zero attached hydrogens (tertiary/aromatic N) is 1. The maximum atomic E-state index is 12.2. The van der Waals surface area contributed by atoms with Crippen molar-refractivity contribution < 1.29 is 9.90 Å². The molecule has 3 rings (SSSR count). The Morgan fingerprint density at radius 3 is 2.28 bits per heavy atom. The minimum Gasteiger partial charge on any atom is -0.492 e. The average molecular weight is 352 g/mol. The molecule has 1 heterocycles. The SMILES string of the molecule is Cc1ccc(Cc2nc(O)c(CC(=O)Nc3ccc(C)cc3)s2)cc1. The number of hydrogen-bond donors (Lipinski definition) is 2. The van der Waals surface area contributed by atoms with Gasteiger partial charge in [-0.15, -0.1) is 11.3 Å². The van der Waals surface area contributed by atoms with E-state index in [1.54, 1.807) is 0 Å². The summed E-state index contributed by atoms with van der Waals surface area (Å²) in [5.41, 5.74) is 4.23. The third kappa shape index (κ3) is 4.67. The molecule has 0 bridgehead atoms. The highest BCUT2D eigenvalue weighted by atomic mass is 32.1. The maximum Gasteiger partial charge on any atom is 0.229 e. The Labute approximate surface area is 151 Å². The summed E-state index contributed by atoms with van der Waals surface area (Å²) >= 11 is 1.38. The smallest absolute Gasteiger partial charge is 0.229 e. The average Bonchev–Trinajstić information content (AvgIpc) is 2.91. The number of amides is 1. The van der Waals surface area contributed by atoms with E-state index >= 15 is 0 Å².